The van der Waals surface area contributed by atoms with Gasteiger partial charge in [-0.1, -0.05) is 41.6 Å². The molecular formula is C26H20N4O4. The Morgan fingerprint density at radius 3 is 2.50 bits per heavy atom. The van der Waals surface area contributed by atoms with Gasteiger partial charge in [0.05, 0.1) is 31.0 Å². The van der Waals surface area contributed by atoms with E-state index in [0.717, 1.165) is 10.9 Å². The number of para-hydroxylation sites is 2. The number of fused-ring (bicyclic) bond motifs is 1. The molecule has 1 amide bonds. The summed E-state index contributed by atoms with van der Waals surface area (Å²) in [6.45, 7) is 0. The zero-order valence-corrected chi connectivity index (χ0v) is 18.5. The predicted octanol–water partition coefficient (Wildman–Crippen LogP) is 5.22. The third-order valence-electron chi connectivity index (χ3n) is 5.30. The Balaban J connectivity index is 1.43. The summed E-state index contributed by atoms with van der Waals surface area (Å²) >= 11 is 0. The lowest BCUT2D eigenvalue weighted by Crippen LogP contribution is -2.14. The molecule has 0 aliphatic carbocycles. The molecule has 2 aromatic heterocycles. The van der Waals surface area contributed by atoms with Gasteiger partial charge in [0.1, 0.15) is 5.69 Å². The molecule has 0 aliphatic rings. The molecule has 0 unspecified atom stereocenters. The molecule has 0 saturated carbocycles. The van der Waals surface area contributed by atoms with Crippen LogP contribution in [0.15, 0.2) is 83.4 Å². The predicted molar refractivity (Wildman–Crippen MR) is 128 cm³/mol. The number of aromatic nitrogens is 3. The quantitative estimate of drug-likeness (QED) is 0.377. The van der Waals surface area contributed by atoms with Gasteiger partial charge in [-0.2, -0.15) is 4.98 Å². The van der Waals surface area contributed by atoms with Crippen LogP contribution >= 0.6 is 0 Å². The Morgan fingerprint density at radius 1 is 0.853 bits per heavy atom. The summed E-state index contributed by atoms with van der Waals surface area (Å²) in [5, 5.41) is 7.97. The summed E-state index contributed by atoms with van der Waals surface area (Å²) in [4.78, 5) is 21.9. The largest absolute Gasteiger partial charge is 0.493 e. The van der Waals surface area contributed by atoms with E-state index < -0.39 is 0 Å². The number of nitrogens with zero attached hydrogens (tertiary/aromatic N) is 3. The van der Waals surface area contributed by atoms with Crippen LogP contribution in [-0.4, -0.2) is 35.3 Å². The number of hydrogen-bond acceptors (Lipinski definition) is 7. The number of methoxy groups -OCH3 is 2. The first kappa shape index (κ1) is 21.1. The van der Waals surface area contributed by atoms with Gasteiger partial charge in [0, 0.05) is 10.9 Å². The van der Waals surface area contributed by atoms with Crippen LogP contribution in [0.5, 0.6) is 11.5 Å². The molecule has 5 rings (SSSR count). The van der Waals surface area contributed by atoms with Crippen LogP contribution in [0.4, 0.5) is 5.69 Å². The van der Waals surface area contributed by atoms with Crippen molar-refractivity contribution in [3.05, 3.63) is 84.6 Å². The monoisotopic (exact) mass is 452 g/mol. The zero-order valence-electron chi connectivity index (χ0n) is 18.5. The van der Waals surface area contributed by atoms with E-state index >= 15 is 0 Å². The molecule has 3 aromatic carbocycles. The van der Waals surface area contributed by atoms with E-state index in [2.05, 4.69) is 20.4 Å². The molecular weight excluding hydrogens is 432 g/mol. The number of hydrogen-bond donors (Lipinski definition) is 1. The highest BCUT2D eigenvalue weighted by atomic mass is 16.5. The highest BCUT2D eigenvalue weighted by molar-refractivity contribution is 6.05. The Bertz CT molecular complexity index is 1500. The van der Waals surface area contributed by atoms with Crippen molar-refractivity contribution in [2.75, 3.05) is 19.5 Å². The lowest BCUT2D eigenvalue weighted by Gasteiger charge is -2.09. The normalized spacial score (nSPS) is 10.8. The summed E-state index contributed by atoms with van der Waals surface area (Å²) in [5.41, 5.74) is 2.89. The first-order chi connectivity index (χ1) is 16.7. The maximum atomic E-state index is 12.9. The van der Waals surface area contributed by atoms with Crippen molar-refractivity contribution in [1.82, 2.24) is 15.1 Å². The number of pyridine rings is 1. The minimum absolute atomic E-state index is 0.271. The fraction of sp³-hybridized carbons (Fsp3) is 0.0769. The van der Waals surface area contributed by atoms with E-state index in [9.17, 15) is 4.79 Å². The molecule has 0 bridgehead atoms. The minimum atomic E-state index is -0.335. The zero-order chi connectivity index (χ0) is 23.5. The molecule has 5 aromatic rings. The van der Waals surface area contributed by atoms with Crippen LogP contribution in [0.2, 0.25) is 0 Å². The number of rotatable bonds is 6. The van der Waals surface area contributed by atoms with E-state index in [-0.39, 0.29) is 11.8 Å². The average molecular weight is 452 g/mol. The highest BCUT2D eigenvalue weighted by Gasteiger charge is 2.18. The Kier molecular flexibility index (Phi) is 5.61. The maximum absolute atomic E-state index is 12.9. The third kappa shape index (κ3) is 4.04. The number of ether oxygens (including phenoxy) is 2. The number of anilines is 1. The lowest BCUT2D eigenvalue weighted by atomic mass is 10.1. The maximum Gasteiger partial charge on any atom is 0.274 e. The first-order valence-electron chi connectivity index (χ1n) is 10.5. The van der Waals surface area contributed by atoms with Crippen LogP contribution in [0.1, 0.15) is 10.5 Å². The Hall–Kier alpha value is -4.72. The fourth-order valence-corrected chi connectivity index (χ4v) is 3.58. The summed E-state index contributed by atoms with van der Waals surface area (Å²) in [6, 6.07) is 23.8. The molecule has 8 nitrogen and oxygen atoms in total. The van der Waals surface area contributed by atoms with Gasteiger partial charge < -0.3 is 19.3 Å². The van der Waals surface area contributed by atoms with Gasteiger partial charge in [-0.05, 0) is 42.5 Å². The molecule has 34 heavy (non-hydrogen) atoms. The van der Waals surface area contributed by atoms with Gasteiger partial charge in [-0.15, -0.1) is 0 Å². The number of carbonyl (C=O) groups is 1. The molecule has 1 N–H and O–H groups in total. The summed E-state index contributed by atoms with van der Waals surface area (Å²) < 4.78 is 16.2. The van der Waals surface area contributed by atoms with Crippen molar-refractivity contribution in [3.8, 4) is 34.3 Å². The summed E-state index contributed by atoms with van der Waals surface area (Å²) in [6.07, 6.45) is 0. The van der Waals surface area contributed by atoms with Crippen molar-refractivity contribution in [2.24, 2.45) is 0 Å². The standard InChI is InChI=1S/C26H20N4O4/c1-32-22-14-12-17(15-23(22)33-2)24-29-26(34-30-24)18-8-4-6-10-20(18)28-25(31)21-13-11-16-7-3-5-9-19(16)27-21/h3-15H,1-2H3,(H,28,31). The molecule has 8 heteroatoms. The van der Waals surface area contributed by atoms with E-state index in [1.807, 2.05) is 48.5 Å². The molecule has 0 saturated heterocycles. The van der Waals surface area contributed by atoms with Crippen LogP contribution in [0.3, 0.4) is 0 Å². The second-order valence-corrected chi connectivity index (χ2v) is 7.38. The molecule has 0 radical (unpaired) electrons. The van der Waals surface area contributed by atoms with Crippen LogP contribution < -0.4 is 14.8 Å². The van der Waals surface area contributed by atoms with E-state index in [1.165, 1.54) is 0 Å². The molecule has 0 atom stereocenters. The van der Waals surface area contributed by atoms with Gasteiger partial charge in [-0.3, -0.25) is 4.79 Å². The van der Waals surface area contributed by atoms with Crippen LogP contribution in [0, 0.1) is 0 Å². The van der Waals surface area contributed by atoms with Gasteiger partial charge in [0.25, 0.3) is 11.8 Å². The van der Waals surface area contributed by atoms with Gasteiger partial charge >= 0.3 is 0 Å². The molecule has 2 heterocycles. The van der Waals surface area contributed by atoms with Crippen molar-refractivity contribution < 1.29 is 18.8 Å². The van der Waals surface area contributed by atoms with E-state index in [0.29, 0.717) is 39.8 Å². The number of nitrogens with one attached hydrogen (secondary N) is 1. The van der Waals surface area contributed by atoms with Crippen LogP contribution in [-0.2, 0) is 0 Å². The molecule has 0 spiro atoms. The highest BCUT2D eigenvalue weighted by Crippen LogP contribution is 2.33. The minimum Gasteiger partial charge on any atom is -0.493 e. The van der Waals surface area contributed by atoms with Crippen molar-refractivity contribution in [1.29, 1.82) is 0 Å². The van der Waals surface area contributed by atoms with Gasteiger partial charge in [0.15, 0.2) is 11.5 Å². The van der Waals surface area contributed by atoms with E-state index in [4.69, 9.17) is 14.0 Å². The smallest absolute Gasteiger partial charge is 0.274 e. The number of carbonyl (C=O) groups excluding carboxylic acids is 1. The van der Waals surface area contributed by atoms with E-state index in [1.54, 1.807) is 44.6 Å². The average Bonchev–Trinajstić information content (AvgIpc) is 3.38. The van der Waals surface area contributed by atoms with Crippen molar-refractivity contribution in [2.45, 2.75) is 0 Å². The topological polar surface area (TPSA) is 99.4 Å². The Morgan fingerprint density at radius 2 is 1.65 bits per heavy atom. The molecule has 0 aliphatic heterocycles. The summed E-state index contributed by atoms with van der Waals surface area (Å²) in [7, 11) is 3.13. The molecule has 168 valence electrons. The van der Waals surface area contributed by atoms with Gasteiger partial charge in [-0.25, -0.2) is 4.98 Å². The first-order valence-corrected chi connectivity index (χ1v) is 10.5. The second-order valence-electron chi connectivity index (χ2n) is 7.38. The summed E-state index contributed by atoms with van der Waals surface area (Å²) in [5.74, 6) is 1.48. The number of amides is 1. The second kappa shape index (κ2) is 9.03. The fourth-order valence-electron chi connectivity index (χ4n) is 3.58. The Labute approximate surface area is 195 Å². The van der Waals surface area contributed by atoms with Crippen molar-refractivity contribution >= 4 is 22.5 Å². The van der Waals surface area contributed by atoms with Gasteiger partial charge in [0.2, 0.25) is 5.82 Å². The number of benzene rings is 3. The lowest BCUT2D eigenvalue weighted by molar-refractivity contribution is 0.102. The third-order valence-corrected chi connectivity index (χ3v) is 5.30. The molecule has 0 fully saturated rings. The van der Waals surface area contributed by atoms with Crippen molar-refractivity contribution in [3.63, 3.8) is 0 Å². The van der Waals surface area contributed by atoms with Crippen LogP contribution in [0.25, 0.3) is 33.7 Å². The SMILES string of the molecule is COc1ccc(-c2noc(-c3ccccc3NC(=O)c3ccc4ccccc4n3)n2)cc1OC.